The molecule has 1 N–H and O–H groups in total. The zero-order chi connectivity index (χ0) is 26.8. The molecule has 0 aromatic heterocycles. The number of esters is 1. The third kappa shape index (κ3) is 8.34. The molecule has 3 rings (SSSR count). The first-order chi connectivity index (χ1) is 17.8. The lowest BCUT2D eigenvalue weighted by Crippen LogP contribution is -2.36. The van der Waals surface area contributed by atoms with Gasteiger partial charge in [0, 0.05) is 6.42 Å². The van der Waals surface area contributed by atoms with Crippen molar-refractivity contribution in [3.8, 4) is 11.5 Å². The topological polar surface area (TPSA) is 68.2 Å². The van der Waals surface area contributed by atoms with Gasteiger partial charge in [-0.15, -0.1) is 0 Å². The molecule has 198 valence electrons. The van der Waals surface area contributed by atoms with E-state index in [0.717, 1.165) is 34.6 Å². The fourth-order valence-electron chi connectivity index (χ4n) is 4.39. The Morgan fingerprint density at radius 3 is 2.14 bits per heavy atom. The van der Waals surface area contributed by atoms with Crippen molar-refractivity contribution >= 4 is 5.97 Å². The maximum Gasteiger partial charge on any atom is 0.341 e. The first kappa shape index (κ1) is 28.2. The SMILES string of the molecule is CCOc1ccc(C(Cc2cc(C)cc(OCC)c2)CC(OC(=O)[C@H](O)c2ccccc2)N(C)C)cc1. The van der Waals surface area contributed by atoms with Crippen molar-refractivity contribution in [2.75, 3.05) is 27.3 Å². The number of nitrogens with zero attached hydrogens (tertiary/aromatic N) is 1. The third-order valence-corrected chi connectivity index (χ3v) is 6.22. The van der Waals surface area contributed by atoms with Gasteiger partial charge in [0.15, 0.2) is 12.3 Å². The van der Waals surface area contributed by atoms with Gasteiger partial charge in [-0.05, 0) is 93.7 Å². The third-order valence-electron chi connectivity index (χ3n) is 6.22. The molecule has 3 atom stereocenters. The highest BCUT2D eigenvalue weighted by molar-refractivity contribution is 5.76. The quantitative estimate of drug-likeness (QED) is 0.238. The van der Waals surface area contributed by atoms with Crippen molar-refractivity contribution < 1.29 is 24.1 Å². The molecule has 6 nitrogen and oxygen atoms in total. The van der Waals surface area contributed by atoms with Crippen LogP contribution in [0.25, 0.3) is 0 Å². The molecule has 0 aliphatic carbocycles. The Hall–Kier alpha value is -3.35. The van der Waals surface area contributed by atoms with Crippen LogP contribution in [0, 0.1) is 6.92 Å². The summed E-state index contributed by atoms with van der Waals surface area (Å²) in [5.74, 6) is 1.05. The van der Waals surface area contributed by atoms with Gasteiger partial charge in [0.25, 0.3) is 0 Å². The average molecular weight is 506 g/mol. The molecule has 2 unspecified atom stereocenters. The number of carbonyl (C=O) groups excluding carboxylic acids is 1. The minimum Gasteiger partial charge on any atom is -0.494 e. The summed E-state index contributed by atoms with van der Waals surface area (Å²) >= 11 is 0. The van der Waals surface area contributed by atoms with Crippen molar-refractivity contribution in [1.29, 1.82) is 0 Å². The molecular weight excluding hydrogens is 466 g/mol. The highest BCUT2D eigenvalue weighted by Crippen LogP contribution is 2.31. The number of aliphatic hydroxyl groups excluding tert-OH is 1. The van der Waals surface area contributed by atoms with Crippen LogP contribution in [0.3, 0.4) is 0 Å². The van der Waals surface area contributed by atoms with Gasteiger partial charge in [0.2, 0.25) is 0 Å². The van der Waals surface area contributed by atoms with Crippen molar-refractivity contribution in [3.05, 3.63) is 95.1 Å². The molecule has 0 heterocycles. The van der Waals surface area contributed by atoms with Crippen molar-refractivity contribution in [2.24, 2.45) is 0 Å². The Balaban J connectivity index is 1.86. The Morgan fingerprint density at radius 1 is 0.865 bits per heavy atom. The summed E-state index contributed by atoms with van der Waals surface area (Å²) in [7, 11) is 3.75. The van der Waals surface area contributed by atoms with E-state index in [0.29, 0.717) is 25.2 Å². The molecule has 0 amide bonds. The first-order valence-corrected chi connectivity index (χ1v) is 12.9. The molecule has 0 fully saturated rings. The minimum absolute atomic E-state index is 0.0426. The predicted molar refractivity (Wildman–Crippen MR) is 146 cm³/mol. The molecular formula is C31H39NO5. The second kappa shape index (κ2) is 13.8. The van der Waals surface area contributed by atoms with E-state index in [1.54, 1.807) is 24.3 Å². The van der Waals surface area contributed by atoms with E-state index in [1.165, 1.54) is 0 Å². The van der Waals surface area contributed by atoms with Crippen LogP contribution in [-0.2, 0) is 16.0 Å². The van der Waals surface area contributed by atoms with Crippen LogP contribution in [-0.4, -0.2) is 49.5 Å². The monoisotopic (exact) mass is 505 g/mol. The number of hydrogen-bond donors (Lipinski definition) is 1. The maximum absolute atomic E-state index is 12.9. The van der Waals surface area contributed by atoms with E-state index in [9.17, 15) is 9.90 Å². The number of benzene rings is 3. The first-order valence-electron chi connectivity index (χ1n) is 12.9. The average Bonchev–Trinajstić information content (AvgIpc) is 2.88. The van der Waals surface area contributed by atoms with Gasteiger partial charge < -0.3 is 19.3 Å². The number of carbonyl (C=O) groups is 1. The number of hydrogen-bond acceptors (Lipinski definition) is 6. The fraction of sp³-hybridized carbons (Fsp3) is 0.387. The van der Waals surface area contributed by atoms with Gasteiger partial charge in [-0.25, -0.2) is 4.79 Å². The van der Waals surface area contributed by atoms with Gasteiger partial charge in [0.05, 0.1) is 13.2 Å². The van der Waals surface area contributed by atoms with Crippen molar-refractivity contribution in [3.63, 3.8) is 0 Å². The van der Waals surface area contributed by atoms with Gasteiger partial charge in [-0.3, -0.25) is 4.90 Å². The summed E-state index contributed by atoms with van der Waals surface area (Å²) < 4.78 is 17.3. The molecule has 3 aromatic carbocycles. The van der Waals surface area contributed by atoms with Gasteiger partial charge in [0.1, 0.15) is 11.5 Å². The summed E-state index contributed by atoms with van der Waals surface area (Å²) in [5.41, 5.74) is 3.91. The lowest BCUT2D eigenvalue weighted by atomic mass is 9.88. The van der Waals surface area contributed by atoms with Crippen LogP contribution in [0.2, 0.25) is 0 Å². The lowest BCUT2D eigenvalue weighted by Gasteiger charge is -2.29. The second-order valence-corrected chi connectivity index (χ2v) is 9.39. The van der Waals surface area contributed by atoms with Crippen LogP contribution >= 0.6 is 0 Å². The number of aliphatic hydroxyl groups is 1. The molecule has 6 heteroatoms. The number of rotatable bonds is 13. The molecule has 0 radical (unpaired) electrons. The second-order valence-electron chi connectivity index (χ2n) is 9.39. The van der Waals surface area contributed by atoms with Crippen LogP contribution in [0.15, 0.2) is 72.8 Å². The largest absolute Gasteiger partial charge is 0.494 e. The zero-order valence-electron chi connectivity index (χ0n) is 22.5. The number of ether oxygens (including phenoxy) is 3. The molecule has 0 spiro atoms. The summed E-state index contributed by atoms with van der Waals surface area (Å²) in [4.78, 5) is 14.8. The van der Waals surface area contributed by atoms with Crippen LogP contribution in [0.1, 0.15) is 54.5 Å². The van der Waals surface area contributed by atoms with Gasteiger partial charge in [-0.2, -0.15) is 0 Å². The van der Waals surface area contributed by atoms with E-state index >= 15 is 0 Å². The molecule has 37 heavy (non-hydrogen) atoms. The maximum atomic E-state index is 12.9. The lowest BCUT2D eigenvalue weighted by molar-refractivity contribution is -0.168. The van der Waals surface area contributed by atoms with Crippen LogP contribution in [0.5, 0.6) is 11.5 Å². The van der Waals surface area contributed by atoms with E-state index in [4.69, 9.17) is 14.2 Å². The summed E-state index contributed by atoms with van der Waals surface area (Å²) in [6.07, 6.45) is -0.581. The summed E-state index contributed by atoms with van der Waals surface area (Å²) in [6.45, 7) is 7.21. The minimum atomic E-state index is -1.34. The van der Waals surface area contributed by atoms with E-state index < -0.39 is 18.3 Å². The highest BCUT2D eigenvalue weighted by atomic mass is 16.6. The zero-order valence-corrected chi connectivity index (χ0v) is 22.5. The summed E-state index contributed by atoms with van der Waals surface area (Å²) in [5, 5.41) is 10.6. The summed E-state index contributed by atoms with van der Waals surface area (Å²) in [6, 6.07) is 23.2. The van der Waals surface area contributed by atoms with E-state index in [-0.39, 0.29) is 5.92 Å². The van der Waals surface area contributed by atoms with Crippen LogP contribution in [0.4, 0.5) is 0 Å². The Labute approximate surface area is 220 Å². The van der Waals surface area contributed by atoms with Gasteiger partial charge >= 0.3 is 5.97 Å². The smallest absolute Gasteiger partial charge is 0.341 e. The molecule has 0 aliphatic rings. The Kier molecular flexibility index (Phi) is 10.5. The fourth-order valence-corrected chi connectivity index (χ4v) is 4.39. The van der Waals surface area contributed by atoms with Crippen molar-refractivity contribution in [2.45, 2.75) is 51.9 Å². The number of aryl methyl sites for hydroxylation is 1. The molecule has 0 bridgehead atoms. The normalized spacial score (nSPS) is 13.6. The van der Waals surface area contributed by atoms with Crippen molar-refractivity contribution in [1.82, 2.24) is 4.90 Å². The van der Waals surface area contributed by atoms with Crippen LogP contribution < -0.4 is 9.47 Å². The van der Waals surface area contributed by atoms with E-state index in [2.05, 4.69) is 31.2 Å². The molecule has 3 aromatic rings. The predicted octanol–water partition coefficient (Wildman–Crippen LogP) is 5.67. The standard InChI is InChI=1S/C31H39NO5/c1-6-35-27-15-13-24(14-16-27)26(19-23-17-22(3)18-28(20-23)36-7-2)21-29(32(4)5)37-31(34)30(33)25-11-9-8-10-12-25/h8-18,20,26,29-30,33H,6-7,19,21H2,1-5H3/t26?,29?,30-/m1/s1. The Bertz CT molecular complexity index is 1110. The Morgan fingerprint density at radius 2 is 1.51 bits per heavy atom. The molecule has 0 aliphatic heterocycles. The molecule has 0 saturated carbocycles. The molecule has 0 saturated heterocycles. The van der Waals surface area contributed by atoms with Gasteiger partial charge in [-0.1, -0.05) is 48.5 Å². The van der Waals surface area contributed by atoms with E-state index in [1.807, 2.05) is 57.1 Å². The highest BCUT2D eigenvalue weighted by Gasteiger charge is 2.27.